The van der Waals surface area contributed by atoms with Crippen LogP contribution in [0.5, 0.6) is 11.5 Å². The van der Waals surface area contributed by atoms with Crippen molar-refractivity contribution in [2.24, 2.45) is 5.92 Å². The van der Waals surface area contributed by atoms with Crippen molar-refractivity contribution in [1.82, 2.24) is 5.32 Å². The van der Waals surface area contributed by atoms with E-state index in [1.807, 2.05) is 6.92 Å². The molecule has 1 aliphatic carbocycles. The van der Waals surface area contributed by atoms with Gasteiger partial charge in [0.15, 0.2) is 11.5 Å². The number of methoxy groups -OCH3 is 1. The summed E-state index contributed by atoms with van der Waals surface area (Å²) >= 11 is 0. The highest BCUT2D eigenvalue weighted by molar-refractivity contribution is 5.96. The Bertz CT molecular complexity index is 932. The van der Waals surface area contributed by atoms with Gasteiger partial charge in [-0.15, -0.1) is 0 Å². The van der Waals surface area contributed by atoms with Gasteiger partial charge in [-0.05, 0) is 55.2 Å². The molecule has 0 unspecified atom stereocenters. The van der Waals surface area contributed by atoms with Gasteiger partial charge in [0.25, 0.3) is 0 Å². The highest BCUT2D eigenvalue weighted by atomic mass is 19.3. The van der Waals surface area contributed by atoms with E-state index in [0.717, 1.165) is 18.4 Å². The molecule has 0 saturated heterocycles. The third-order valence-electron chi connectivity index (χ3n) is 4.60. The molecule has 2 aromatic carbocycles. The summed E-state index contributed by atoms with van der Waals surface area (Å²) in [7, 11) is 1.35. The SMILES string of the molecule is COc1ccc(CNC(=O)Nc2cc(NC(=O)C3CC3)ccc2C)cc1OC(F)F. The van der Waals surface area contributed by atoms with Crippen LogP contribution in [0.4, 0.5) is 25.0 Å². The minimum absolute atomic E-state index is 0.0180. The van der Waals surface area contributed by atoms with E-state index < -0.39 is 12.6 Å². The number of hydrogen-bond acceptors (Lipinski definition) is 4. The monoisotopic (exact) mass is 419 g/mol. The summed E-state index contributed by atoms with van der Waals surface area (Å²) in [6.07, 6.45) is 1.81. The molecule has 1 aliphatic rings. The predicted molar refractivity (Wildman–Crippen MR) is 108 cm³/mol. The molecule has 0 spiro atoms. The zero-order valence-electron chi connectivity index (χ0n) is 16.6. The number of benzene rings is 2. The Balaban J connectivity index is 1.59. The standard InChI is InChI=1S/C21H23F2N3O4/c1-12-3-7-15(25-19(27)14-5-6-14)10-16(12)26-21(28)24-11-13-4-8-17(29-2)18(9-13)30-20(22)23/h3-4,7-10,14,20H,5-6,11H2,1-2H3,(H,25,27)(H2,24,26,28). The van der Waals surface area contributed by atoms with Gasteiger partial charge in [-0.1, -0.05) is 12.1 Å². The molecular weight excluding hydrogens is 396 g/mol. The van der Waals surface area contributed by atoms with E-state index in [-0.39, 0.29) is 29.9 Å². The zero-order valence-corrected chi connectivity index (χ0v) is 16.6. The molecule has 9 heteroatoms. The first-order chi connectivity index (χ1) is 14.4. The van der Waals surface area contributed by atoms with Gasteiger partial charge in [-0.3, -0.25) is 4.79 Å². The van der Waals surface area contributed by atoms with Crippen LogP contribution in [-0.4, -0.2) is 25.7 Å². The Morgan fingerprint density at radius 1 is 1.10 bits per heavy atom. The van der Waals surface area contributed by atoms with Gasteiger partial charge in [0.05, 0.1) is 7.11 Å². The largest absolute Gasteiger partial charge is 0.493 e. The third-order valence-corrected chi connectivity index (χ3v) is 4.60. The maximum absolute atomic E-state index is 12.5. The summed E-state index contributed by atoms with van der Waals surface area (Å²) in [5, 5.41) is 8.23. The van der Waals surface area contributed by atoms with Gasteiger partial charge in [0.1, 0.15) is 0 Å². The van der Waals surface area contributed by atoms with E-state index in [9.17, 15) is 18.4 Å². The highest BCUT2D eigenvalue weighted by Gasteiger charge is 2.29. The number of amides is 3. The second-order valence-electron chi connectivity index (χ2n) is 6.96. The van der Waals surface area contributed by atoms with Crippen LogP contribution < -0.4 is 25.4 Å². The minimum atomic E-state index is -2.99. The molecule has 3 N–H and O–H groups in total. The quantitative estimate of drug-likeness (QED) is 0.596. The predicted octanol–water partition coefficient (Wildman–Crippen LogP) is 4.28. The molecule has 160 valence electrons. The zero-order chi connectivity index (χ0) is 21.7. The lowest BCUT2D eigenvalue weighted by Gasteiger charge is -2.14. The van der Waals surface area contributed by atoms with E-state index in [0.29, 0.717) is 16.9 Å². The van der Waals surface area contributed by atoms with Crippen LogP contribution in [0.15, 0.2) is 36.4 Å². The van der Waals surface area contributed by atoms with Crippen molar-refractivity contribution in [3.8, 4) is 11.5 Å². The lowest BCUT2D eigenvalue weighted by Crippen LogP contribution is -2.28. The first kappa shape index (κ1) is 21.4. The molecule has 7 nitrogen and oxygen atoms in total. The Morgan fingerprint density at radius 3 is 2.53 bits per heavy atom. The third kappa shape index (κ3) is 5.82. The fourth-order valence-corrected chi connectivity index (χ4v) is 2.79. The topological polar surface area (TPSA) is 88.7 Å². The molecular formula is C21H23F2N3O4. The van der Waals surface area contributed by atoms with Crippen LogP contribution in [0.2, 0.25) is 0 Å². The van der Waals surface area contributed by atoms with E-state index in [4.69, 9.17) is 4.74 Å². The molecule has 0 aliphatic heterocycles. The summed E-state index contributed by atoms with van der Waals surface area (Å²) in [5.41, 5.74) is 2.55. The number of carbonyl (C=O) groups is 2. The number of ether oxygens (including phenoxy) is 2. The van der Waals surface area contributed by atoms with Gasteiger partial charge < -0.3 is 25.4 Å². The van der Waals surface area contributed by atoms with Crippen molar-refractivity contribution in [1.29, 1.82) is 0 Å². The number of alkyl halides is 2. The molecule has 0 aromatic heterocycles. The van der Waals surface area contributed by atoms with Gasteiger partial charge in [-0.25, -0.2) is 4.79 Å². The Labute approximate surface area is 172 Å². The second-order valence-corrected chi connectivity index (χ2v) is 6.96. The van der Waals surface area contributed by atoms with Crippen LogP contribution in [0, 0.1) is 12.8 Å². The molecule has 3 amide bonds. The van der Waals surface area contributed by atoms with Crippen LogP contribution in [-0.2, 0) is 11.3 Å². The number of anilines is 2. The van der Waals surface area contributed by atoms with E-state index in [2.05, 4.69) is 20.7 Å². The number of urea groups is 1. The number of hydrogen-bond donors (Lipinski definition) is 3. The lowest BCUT2D eigenvalue weighted by molar-refractivity contribution is -0.117. The summed E-state index contributed by atoms with van der Waals surface area (Å²) in [6.45, 7) is -1.06. The summed E-state index contributed by atoms with van der Waals surface area (Å²) < 4.78 is 34.5. The maximum atomic E-state index is 12.5. The van der Waals surface area contributed by atoms with Crippen molar-refractivity contribution in [3.05, 3.63) is 47.5 Å². The molecule has 1 fully saturated rings. The van der Waals surface area contributed by atoms with Crippen molar-refractivity contribution in [2.75, 3.05) is 17.7 Å². The maximum Gasteiger partial charge on any atom is 0.387 e. The van der Waals surface area contributed by atoms with E-state index in [1.165, 1.54) is 19.2 Å². The molecule has 1 saturated carbocycles. The molecule has 0 atom stereocenters. The number of aryl methyl sites for hydroxylation is 1. The molecule has 3 rings (SSSR count). The molecule has 0 heterocycles. The highest BCUT2D eigenvalue weighted by Crippen LogP contribution is 2.31. The van der Waals surface area contributed by atoms with Gasteiger partial charge in [-0.2, -0.15) is 8.78 Å². The first-order valence-electron chi connectivity index (χ1n) is 9.44. The van der Waals surface area contributed by atoms with Gasteiger partial charge in [0, 0.05) is 23.8 Å². The van der Waals surface area contributed by atoms with Crippen molar-refractivity contribution < 1.29 is 27.8 Å². The lowest BCUT2D eigenvalue weighted by atomic mass is 10.1. The van der Waals surface area contributed by atoms with Gasteiger partial charge in [0.2, 0.25) is 5.91 Å². The van der Waals surface area contributed by atoms with Crippen molar-refractivity contribution >= 4 is 23.3 Å². The van der Waals surface area contributed by atoms with E-state index >= 15 is 0 Å². The number of carbonyl (C=O) groups excluding carboxylic acids is 2. The number of halogens is 2. The summed E-state index contributed by atoms with van der Waals surface area (Å²) in [5.74, 6) is 0.122. The Kier molecular flexibility index (Phi) is 6.71. The summed E-state index contributed by atoms with van der Waals surface area (Å²) in [4.78, 5) is 24.2. The fourth-order valence-electron chi connectivity index (χ4n) is 2.79. The van der Waals surface area contributed by atoms with Crippen LogP contribution in [0.25, 0.3) is 0 Å². The van der Waals surface area contributed by atoms with Crippen LogP contribution >= 0.6 is 0 Å². The molecule has 0 bridgehead atoms. The van der Waals surface area contributed by atoms with Gasteiger partial charge >= 0.3 is 12.6 Å². The average molecular weight is 419 g/mol. The van der Waals surface area contributed by atoms with Crippen LogP contribution in [0.3, 0.4) is 0 Å². The number of nitrogens with one attached hydrogen (secondary N) is 3. The smallest absolute Gasteiger partial charge is 0.387 e. The second kappa shape index (κ2) is 9.43. The molecule has 30 heavy (non-hydrogen) atoms. The van der Waals surface area contributed by atoms with Crippen molar-refractivity contribution in [3.63, 3.8) is 0 Å². The molecule has 2 aromatic rings. The van der Waals surface area contributed by atoms with E-state index in [1.54, 1.807) is 24.3 Å². The Morgan fingerprint density at radius 2 is 1.87 bits per heavy atom. The Hall–Kier alpha value is -3.36. The van der Waals surface area contributed by atoms with Crippen molar-refractivity contribution in [2.45, 2.75) is 32.9 Å². The normalized spacial score (nSPS) is 13.0. The average Bonchev–Trinajstić information content (AvgIpc) is 3.54. The minimum Gasteiger partial charge on any atom is -0.493 e. The molecule has 0 radical (unpaired) electrons. The summed E-state index contributed by atoms with van der Waals surface area (Å²) in [6, 6.07) is 9.30. The fraction of sp³-hybridized carbons (Fsp3) is 0.333. The first-order valence-corrected chi connectivity index (χ1v) is 9.44. The van der Waals surface area contributed by atoms with Crippen LogP contribution in [0.1, 0.15) is 24.0 Å². The number of rotatable bonds is 8.